The Balaban J connectivity index is 2.15. The first-order valence-corrected chi connectivity index (χ1v) is 7.90. The lowest BCUT2D eigenvalue weighted by molar-refractivity contribution is 0.305. The molecule has 0 atom stereocenters. The molecule has 0 saturated heterocycles. The molecular formula is C12H9Br2ClOS. The molecule has 0 aliphatic heterocycles. The summed E-state index contributed by atoms with van der Waals surface area (Å²) in [4.78, 5) is 1.20. The van der Waals surface area contributed by atoms with Crippen LogP contribution in [0.5, 0.6) is 5.75 Å². The van der Waals surface area contributed by atoms with Gasteiger partial charge in [0.25, 0.3) is 0 Å². The van der Waals surface area contributed by atoms with E-state index in [0.29, 0.717) is 12.5 Å². The van der Waals surface area contributed by atoms with Crippen LogP contribution in [-0.4, -0.2) is 0 Å². The number of halogens is 3. The molecule has 0 aliphatic carbocycles. The van der Waals surface area contributed by atoms with Gasteiger partial charge in [-0.1, -0.05) is 6.07 Å². The van der Waals surface area contributed by atoms with E-state index in [1.807, 2.05) is 23.6 Å². The minimum absolute atomic E-state index is 0.488. The van der Waals surface area contributed by atoms with Crippen LogP contribution in [0.1, 0.15) is 10.4 Å². The molecular weight excluding hydrogens is 387 g/mol. The van der Waals surface area contributed by atoms with Crippen LogP contribution < -0.4 is 4.74 Å². The van der Waals surface area contributed by atoms with Crippen molar-refractivity contribution in [2.24, 2.45) is 0 Å². The van der Waals surface area contributed by atoms with Crippen molar-refractivity contribution in [3.63, 3.8) is 0 Å². The molecule has 17 heavy (non-hydrogen) atoms. The summed E-state index contributed by atoms with van der Waals surface area (Å²) in [6.07, 6.45) is 0. The zero-order chi connectivity index (χ0) is 12.3. The highest BCUT2D eigenvalue weighted by Gasteiger charge is 2.09. The van der Waals surface area contributed by atoms with Gasteiger partial charge in [-0.2, -0.15) is 0 Å². The Morgan fingerprint density at radius 2 is 1.94 bits per heavy atom. The molecule has 0 spiro atoms. The van der Waals surface area contributed by atoms with E-state index in [-0.39, 0.29) is 0 Å². The van der Waals surface area contributed by atoms with Crippen LogP contribution in [0.2, 0.25) is 0 Å². The van der Waals surface area contributed by atoms with Gasteiger partial charge < -0.3 is 4.74 Å². The molecule has 5 heteroatoms. The maximum Gasteiger partial charge on any atom is 0.148 e. The van der Waals surface area contributed by atoms with E-state index in [2.05, 4.69) is 37.9 Å². The highest BCUT2D eigenvalue weighted by Crippen LogP contribution is 2.35. The molecule has 0 amide bonds. The molecule has 0 bridgehead atoms. The lowest BCUT2D eigenvalue weighted by atomic mass is 10.2. The summed E-state index contributed by atoms with van der Waals surface area (Å²) in [5.41, 5.74) is 1.05. The van der Waals surface area contributed by atoms with Crippen molar-refractivity contribution in [2.45, 2.75) is 12.5 Å². The van der Waals surface area contributed by atoms with Gasteiger partial charge in [0.1, 0.15) is 12.4 Å². The second kappa shape index (κ2) is 6.23. The minimum atomic E-state index is 0.488. The highest BCUT2D eigenvalue weighted by atomic mass is 79.9. The largest absolute Gasteiger partial charge is 0.486 e. The van der Waals surface area contributed by atoms with Gasteiger partial charge >= 0.3 is 0 Å². The number of alkyl halides is 1. The molecule has 1 aromatic carbocycles. The summed E-state index contributed by atoms with van der Waals surface area (Å²) in [7, 11) is 0. The second-order valence-electron chi connectivity index (χ2n) is 3.39. The summed E-state index contributed by atoms with van der Waals surface area (Å²) >= 11 is 14.5. The van der Waals surface area contributed by atoms with Crippen molar-refractivity contribution < 1.29 is 4.74 Å². The third-order valence-electron chi connectivity index (χ3n) is 2.15. The molecule has 0 saturated carbocycles. The zero-order valence-electron chi connectivity index (χ0n) is 8.75. The predicted octanol–water partition coefficient (Wildman–Crippen LogP) is 5.59. The van der Waals surface area contributed by atoms with Gasteiger partial charge in [-0.3, -0.25) is 0 Å². The lowest BCUT2D eigenvalue weighted by Crippen LogP contribution is -1.95. The third kappa shape index (κ3) is 3.47. The SMILES string of the molecule is ClCc1cc(Br)c(OCc2cccs2)c(Br)c1. The molecule has 1 aromatic heterocycles. The maximum absolute atomic E-state index is 5.80. The Hall–Kier alpha value is -0.0300. The van der Waals surface area contributed by atoms with Gasteiger partial charge in [0.2, 0.25) is 0 Å². The average Bonchev–Trinajstić information content (AvgIpc) is 2.80. The van der Waals surface area contributed by atoms with E-state index in [1.54, 1.807) is 11.3 Å². The highest BCUT2D eigenvalue weighted by molar-refractivity contribution is 9.11. The molecule has 2 rings (SSSR count). The van der Waals surface area contributed by atoms with Crippen molar-refractivity contribution in [1.29, 1.82) is 0 Å². The van der Waals surface area contributed by atoms with E-state index in [4.69, 9.17) is 16.3 Å². The fraction of sp³-hybridized carbons (Fsp3) is 0.167. The first-order valence-electron chi connectivity index (χ1n) is 4.90. The van der Waals surface area contributed by atoms with E-state index < -0.39 is 0 Å². The topological polar surface area (TPSA) is 9.23 Å². The van der Waals surface area contributed by atoms with Crippen LogP contribution >= 0.6 is 54.8 Å². The number of thiophene rings is 1. The second-order valence-corrected chi connectivity index (χ2v) is 6.40. The van der Waals surface area contributed by atoms with E-state index in [9.17, 15) is 0 Å². The fourth-order valence-corrected chi connectivity index (χ4v) is 3.65. The standard InChI is InChI=1S/C12H9Br2ClOS/c13-10-4-8(6-15)5-11(14)12(10)16-7-9-2-1-3-17-9/h1-5H,6-7H2. The maximum atomic E-state index is 5.80. The van der Waals surface area contributed by atoms with Gasteiger partial charge in [-0.15, -0.1) is 22.9 Å². The molecule has 0 N–H and O–H groups in total. The molecule has 0 unspecified atom stereocenters. The van der Waals surface area contributed by atoms with E-state index in [1.165, 1.54) is 4.88 Å². The molecule has 1 nitrogen and oxygen atoms in total. The number of ether oxygens (including phenoxy) is 1. The molecule has 0 aliphatic rings. The summed E-state index contributed by atoms with van der Waals surface area (Å²) in [6, 6.07) is 8.02. The van der Waals surface area contributed by atoms with Crippen molar-refractivity contribution in [3.8, 4) is 5.75 Å². The first-order chi connectivity index (χ1) is 8.20. The molecule has 0 radical (unpaired) electrons. The van der Waals surface area contributed by atoms with Gasteiger partial charge in [-0.25, -0.2) is 0 Å². The smallest absolute Gasteiger partial charge is 0.148 e. The summed E-state index contributed by atoms with van der Waals surface area (Å²) < 4.78 is 7.62. The number of benzene rings is 1. The van der Waals surface area contributed by atoms with Gasteiger partial charge in [-0.05, 0) is 61.0 Å². The normalized spacial score (nSPS) is 10.5. The molecule has 2 aromatic rings. The number of hydrogen-bond acceptors (Lipinski definition) is 2. The Labute approximate surface area is 126 Å². The van der Waals surface area contributed by atoms with Crippen LogP contribution in [0.4, 0.5) is 0 Å². The van der Waals surface area contributed by atoms with Crippen molar-refractivity contribution in [3.05, 3.63) is 49.0 Å². The van der Waals surface area contributed by atoms with Crippen LogP contribution in [0.3, 0.4) is 0 Å². The first kappa shape index (κ1) is 13.4. The van der Waals surface area contributed by atoms with E-state index >= 15 is 0 Å². The average molecular weight is 397 g/mol. The minimum Gasteiger partial charge on any atom is -0.486 e. The van der Waals surface area contributed by atoms with Crippen LogP contribution in [-0.2, 0) is 12.5 Å². The van der Waals surface area contributed by atoms with Gasteiger partial charge in [0.15, 0.2) is 0 Å². The summed E-state index contributed by atoms with van der Waals surface area (Å²) in [5, 5.41) is 2.04. The number of hydrogen-bond donors (Lipinski definition) is 0. The Morgan fingerprint density at radius 3 is 2.47 bits per heavy atom. The molecule has 0 fully saturated rings. The Morgan fingerprint density at radius 1 is 1.24 bits per heavy atom. The third-order valence-corrected chi connectivity index (χ3v) is 4.49. The Kier molecular flexibility index (Phi) is 4.91. The fourth-order valence-electron chi connectivity index (χ4n) is 1.37. The van der Waals surface area contributed by atoms with Crippen molar-refractivity contribution in [1.82, 2.24) is 0 Å². The van der Waals surface area contributed by atoms with Crippen molar-refractivity contribution >= 4 is 54.8 Å². The van der Waals surface area contributed by atoms with E-state index in [0.717, 1.165) is 20.3 Å². The summed E-state index contributed by atoms with van der Waals surface area (Å²) in [5.74, 6) is 1.30. The molecule has 90 valence electrons. The number of rotatable bonds is 4. The van der Waals surface area contributed by atoms with Crippen LogP contribution in [0.25, 0.3) is 0 Å². The zero-order valence-corrected chi connectivity index (χ0v) is 13.5. The van der Waals surface area contributed by atoms with Gasteiger partial charge in [0.05, 0.1) is 8.95 Å². The van der Waals surface area contributed by atoms with Gasteiger partial charge in [0, 0.05) is 10.8 Å². The lowest BCUT2D eigenvalue weighted by Gasteiger charge is -2.10. The molecule has 1 heterocycles. The quantitative estimate of drug-likeness (QED) is 0.612. The predicted molar refractivity (Wildman–Crippen MR) is 80.1 cm³/mol. The van der Waals surface area contributed by atoms with Crippen molar-refractivity contribution in [2.75, 3.05) is 0 Å². The monoisotopic (exact) mass is 394 g/mol. The summed E-state index contributed by atoms with van der Waals surface area (Å²) in [6.45, 7) is 0.578. The van der Waals surface area contributed by atoms with Crippen LogP contribution in [0.15, 0.2) is 38.6 Å². The Bertz CT molecular complexity index is 476. The van der Waals surface area contributed by atoms with Crippen LogP contribution in [0, 0.1) is 0 Å².